The summed E-state index contributed by atoms with van der Waals surface area (Å²) in [6.45, 7) is 4.90. The van der Waals surface area contributed by atoms with Crippen molar-refractivity contribution >= 4 is 40.3 Å². The highest BCUT2D eigenvalue weighted by molar-refractivity contribution is 8.26. The first-order chi connectivity index (χ1) is 15.0. The summed E-state index contributed by atoms with van der Waals surface area (Å²) in [7, 11) is 0. The molecule has 31 heavy (non-hydrogen) atoms. The van der Waals surface area contributed by atoms with Gasteiger partial charge in [0.15, 0.2) is 0 Å². The number of hydrogen-bond acceptors (Lipinski definition) is 5. The van der Waals surface area contributed by atoms with Gasteiger partial charge in [-0.3, -0.25) is 4.79 Å². The number of rotatable bonds is 7. The van der Waals surface area contributed by atoms with Crippen molar-refractivity contribution in [2.75, 3.05) is 6.61 Å². The molecule has 2 aromatic carbocycles. The van der Waals surface area contributed by atoms with Gasteiger partial charge in [-0.25, -0.2) is 4.68 Å². The predicted molar refractivity (Wildman–Crippen MR) is 130 cm³/mol. The van der Waals surface area contributed by atoms with Crippen molar-refractivity contribution in [2.45, 2.75) is 26.7 Å². The van der Waals surface area contributed by atoms with Gasteiger partial charge in [0.2, 0.25) is 0 Å². The molecular weight excluding hydrogens is 426 g/mol. The van der Waals surface area contributed by atoms with Crippen molar-refractivity contribution in [3.8, 4) is 22.7 Å². The van der Waals surface area contributed by atoms with Crippen LogP contribution >= 0.6 is 24.0 Å². The van der Waals surface area contributed by atoms with Crippen molar-refractivity contribution in [2.24, 2.45) is 0 Å². The fourth-order valence-electron chi connectivity index (χ4n) is 3.30. The van der Waals surface area contributed by atoms with E-state index in [1.54, 1.807) is 0 Å². The second kappa shape index (κ2) is 9.49. The zero-order valence-corrected chi connectivity index (χ0v) is 19.1. The molecule has 0 unspecified atom stereocenters. The average Bonchev–Trinajstić information content (AvgIpc) is 3.32. The van der Waals surface area contributed by atoms with Crippen LogP contribution in [-0.4, -0.2) is 26.6 Å². The quantitative estimate of drug-likeness (QED) is 0.293. The molecule has 2 heterocycles. The highest BCUT2D eigenvalue weighted by Gasteiger charge is 2.23. The number of hydrogen-bond donors (Lipinski definition) is 1. The van der Waals surface area contributed by atoms with E-state index in [0.29, 0.717) is 15.8 Å². The number of thiocarbonyl (C=S) groups is 1. The molecule has 3 aromatic rings. The summed E-state index contributed by atoms with van der Waals surface area (Å²) in [5.41, 5.74) is 4.67. The Hall–Kier alpha value is -2.90. The topological polar surface area (TPSA) is 56.1 Å². The minimum Gasteiger partial charge on any atom is -0.494 e. The molecule has 0 radical (unpaired) electrons. The highest BCUT2D eigenvalue weighted by atomic mass is 32.2. The highest BCUT2D eigenvalue weighted by Crippen LogP contribution is 2.33. The van der Waals surface area contributed by atoms with Crippen molar-refractivity contribution in [1.29, 1.82) is 0 Å². The second-order valence-electron chi connectivity index (χ2n) is 7.24. The second-order valence-corrected chi connectivity index (χ2v) is 8.96. The first kappa shape index (κ1) is 21.3. The van der Waals surface area contributed by atoms with Crippen molar-refractivity contribution in [1.82, 2.24) is 15.1 Å². The number of nitrogens with one attached hydrogen (secondary N) is 1. The zero-order chi connectivity index (χ0) is 21.8. The third kappa shape index (κ3) is 4.89. The van der Waals surface area contributed by atoms with Gasteiger partial charge in [-0.15, -0.1) is 0 Å². The van der Waals surface area contributed by atoms with E-state index in [0.717, 1.165) is 46.7 Å². The number of ether oxygens (including phenoxy) is 1. The maximum atomic E-state index is 12.2. The van der Waals surface area contributed by atoms with Crippen LogP contribution in [0.1, 0.15) is 30.9 Å². The number of para-hydroxylation sites is 1. The van der Waals surface area contributed by atoms with E-state index in [1.165, 1.54) is 11.8 Å². The van der Waals surface area contributed by atoms with Crippen LogP contribution in [-0.2, 0) is 4.79 Å². The number of thioether (sulfide) groups is 1. The molecule has 1 saturated heterocycles. The normalized spacial score (nSPS) is 14.8. The maximum Gasteiger partial charge on any atom is 0.263 e. The molecule has 1 aliphatic rings. The molecule has 1 fully saturated rings. The van der Waals surface area contributed by atoms with E-state index >= 15 is 0 Å². The lowest BCUT2D eigenvalue weighted by Gasteiger charge is -2.09. The molecule has 0 spiro atoms. The summed E-state index contributed by atoms with van der Waals surface area (Å²) in [5.74, 6) is 0.679. The SMILES string of the molecule is CCCCOc1ccc(-c2nn(-c3ccccc3)cc2/C=C2/SC(=S)NC2=O)c(C)c1. The van der Waals surface area contributed by atoms with Crippen molar-refractivity contribution < 1.29 is 9.53 Å². The van der Waals surface area contributed by atoms with Gasteiger partial charge in [0.25, 0.3) is 5.91 Å². The number of carbonyl (C=O) groups excluding carboxylic acids is 1. The monoisotopic (exact) mass is 449 g/mol. The van der Waals surface area contributed by atoms with E-state index in [9.17, 15) is 4.79 Å². The molecule has 0 saturated carbocycles. The summed E-state index contributed by atoms with van der Waals surface area (Å²) in [4.78, 5) is 12.8. The molecule has 0 bridgehead atoms. The lowest BCUT2D eigenvalue weighted by atomic mass is 10.0. The van der Waals surface area contributed by atoms with Crippen molar-refractivity contribution in [3.63, 3.8) is 0 Å². The Kier molecular flexibility index (Phi) is 6.53. The summed E-state index contributed by atoms with van der Waals surface area (Å²) in [5, 5.41) is 7.53. The first-order valence-corrected chi connectivity index (χ1v) is 11.4. The molecule has 158 valence electrons. The molecule has 1 N–H and O–H groups in total. The third-order valence-electron chi connectivity index (χ3n) is 4.91. The van der Waals surface area contributed by atoms with E-state index in [1.807, 2.05) is 72.4 Å². The van der Waals surface area contributed by atoms with Gasteiger partial charge in [-0.1, -0.05) is 55.5 Å². The van der Waals surface area contributed by atoms with Crippen LogP contribution in [0.15, 0.2) is 59.6 Å². The standard InChI is InChI=1S/C24H23N3O2S2/c1-3-4-12-29-19-10-11-20(16(2)13-19)22-17(14-21-23(28)25-24(30)31-21)15-27(26-22)18-8-6-5-7-9-18/h5-11,13-15H,3-4,12H2,1-2H3,(H,25,28,30)/b21-14+. The summed E-state index contributed by atoms with van der Waals surface area (Å²) in [6, 6.07) is 16.0. The lowest BCUT2D eigenvalue weighted by molar-refractivity contribution is -0.115. The van der Waals surface area contributed by atoms with Crippen molar-refractivity contribution in [3.05, 3.63) is 70.8 Å². The number of aromatic nitrogens is 2. The molecule has 4 rings (SSSR count). The Morgan fingerprint density at radius 2 is 2.03 bits per heavy atom. The van der Waals surface area contributed by atoms with E-state index in [-0.39, 0.29) is 5.91 Å². The van der Waals surface area contributed by atoms with Gasteiger partial charge < -0.3 is 10.1 Å². The van der Waals surface area contributed by atoms with Crippen LogP contribution in [0.4, 0.5) is 0 Å². The Morgan fingerprint density at radius 3 is 2.71 bits per heavy atom. The number of unbranched alkanes of at least 4 members (excludes halogenated alkanes) is 1. The number of carbonyl (C=O) groups is 1. The lowest BCUT2D eigenvalue weighted by Crippen LogP contribution is -2.17. The van der Waals surface area contributed by atoms with Gasteiger partial charge in [0, 0.05) is 17.3 Å². The Bertz CT molecular complexity index is 1150. The van der Waals surface area contributed by atoms with Gasteiger partial charge in [-0.05, 0) is 55.3 Å². The minimum absolute atomic E-state index is 0.176. The molecule has 5 nitrogen and oxygen atoms in total. The van der Waals surface area contributed by atoms with Gasteiger partial charge in [-0.2, -0.15) is 5.10 Å². The van der Waals surface area contributed by atoms with Gasteiger partial charge >= 0.3 is 0 Å². The molecule has 1 amide bonds. The fraction of sp³-hybridized carbons (Fsp3) is 0.208. The number of benzene rings is 2. The molecule has 1 aliphatic heterocycles. The van der Waals surface area contributed by atoms with Crippen LogP contribution in [0.25, 0.3) is 23.0 Å². The fourth-order valence-corrected chi connectivity index (χ4v) is 4.34. The molecule has 7 heteroatoms. The molecule has 0 atom stereocenters. The summed E-state index contributed by atoms with van der Waals surface area (Å²) in [6.07, 6.45) is 5.92. The van der Waals surface area contributed by atoms with Crippen LogP contribution < -0.4 is 10.1 Å². The predicted octanol–water partition coefficient (Wildman–Crippen LogP) is 5.52. The van der Waals surface area contributed by atoms with E-state index in [4.69, 9.17) is 22.1 Å². The molecular formula is C24H23N3O2S2. The maximum absolute atomic E-state index is 12.2. The average molecular weight is 450 g/mol. The molecule has 0 aliphatic carbocycles. The van der Waals surface area contributed by atoms with Crippen LogP contribution in [0.3, 0.4) is 0 Å². The van der Waals surface area contributed by atoms with Gasteiger partial charge in [0.1, 0.15) is 15.8 Å². The number of nitrogens with zero attached hydrogens (tertiary/aromatic N) is 2. The first-order valence-electron chi connectivity index (χ1n) is 10.2. The minimum atomic E-state index is -0.176. The number of amides is 1. The zero-order valence-electron chi connectivity index (χ0n) is 17.4. The smallest absolute Gasteiger partial charge is 0.263 e. The summed E-state index contributed by atoms with van der Waals surface area (Å²) < 4.78 is 8.15. The van der Waals surface area contributed by atoms with E-state index in [2.05, 4.69) is 12.2 Å². The van der Waals surface area contributed by atoms with Gasteiger partial charge in [0.05, 0.1) is 17.2 Å². The van der Waals surface area contributed by atoms with Crippen LogP contribution in [0, 0.1) is 6.92 Å². The Labute approximate surface area is 191 Å². The number of aryl methyl sites for hydroxylation is 1. The Balaban J connectivity index is 1.75. The summed E-state index contributed by atoms with van der Waals surface area (Å²) >= 11 is 6.40. The van der Waals surface area contributed by atoms with E-state index < -0.39 is 0 Å². The molecule has 1 aromatic heterocycles. The Morgan fingerprint density at radius 1 is 1.23 bits per heavy atom. The third-order valence-corrected chi connectivity index (χ3v) is 6.07. The van der Waals surface area contributed by atoms with Crippen LogP contribution in [0.2, 0.25) is 0 Å². The largest absolute Gasteiger partial charge is 0.494 e. The van der Waals surface area contributed by atoms with Crippen LogP contribution in [0.5, 0.6) is 5.75 Å².